The molecule has 4 atom stereocenters. The highest BCUT2D eigenvalue weighted by atomic mass is 79.9. The number of carbonyl (C=O) groups is 1. The normalized spacial score (nSPS) is 26.9. The van der Waals surface area contributed by atoms with Gasteiger partial charge in [-0.2, -0.15) is 0 Å². The minimum Gasteiger partial charge on any atom is -0.546 e. The number of aliphatic carboxylic acids is 1. The fraction of sp³-hybridized carbons (Fsp3) is 0.458. The van der Waals surface area contributed by atoms with Crippen LogP contribution in [0.25, 0.3) is 0 Å². The molecule has 2 aromatic carbocycles. The largest absolute Gasteiger partial charge is 0.546 e. The standard InChI is InChI=1S/C14H12O3.C10H19FNO.BrH/c15-13(16)14(17,11-7-3-1-4-8-11)12-9-5-2-6-10-12;1-12(5-4-11)8-2-3-9(12)7-10(13)6-8;/h1-10,17H,(H,15,16);8-10,13H,2-7H2,1H3;1H/q;+1;/p-1/t;8-,9+,10?,12?;. The van der Waals surface area contributed by atoms with E-state index in [4.69, 9.17) is 0 Å². The smallest absolute Gasteiger partial charge is 0.154 e. The van der Waals surface area contributed by atoms with Crippen LogP contribution in [0.5, 0.6) is 0 Å². The third-order valence-electron chi connectivity index (χ3n) is 6.83. The number of rotatable bonds is 5. The molecule has 7 heteroatoms. The van der Waals surface area contributed by atoms with Crippen molar-refractivity contribution < 1.29 is 29.0 Å². The van der Waals surface area contributed by atoms with E-state index in [0.29, 0.717) is 18.6 Å². The molecule has 0 aliphatic carbocycles. The van der Waals surface area contributed by atoms with Crippen LogP contribution >= 0.6 is 17.0 Å². The van der Waals surface area contributed by atoms with E-state index < -0.39 is 11.6 Å². The minimum atomic E-state index is -2.11. The number of nitrogens with zero attached hydrogens (tertiary/aromatic N) is 1. The van der Waals surface area contributed by atoms with Gasteiger partial charge >= 0.3 is 0 Å². The molecule has 2 aliphatic rings. The molecule has 2 fully saturated rings. The van der Waals surface area contributed by atoms with Gasteiger partial charge in [-0.25, -0.2) is 4.39 Å². The van der Waals surface area contributed by atoms with Crippen molar-refractivity contribution in [3.8, 4) is 0 Å². The number of aliphatic hydroxyl groups is 2. The van der Waals surface area contributed by atoms with E-state index in [2.05, 4.69) is 7.05 Å². The highest BCUT2D eigenvalue weighted by molar-refractivity contribution is 8.93. The number of benzene rings is 2. The Balaban J connectivity index is 0.000000220. The van der Waals surface area contributed by atoms with Gasteiger partial charge < -0.3 is 24.6 Å². The van der Waals surface area contributed by atoms with Gasteiger partial charge in [-0.15, -0.1) is 17.0 Å². The molecule has 2 bridgehead atoms. The van der Waals surface area contributed by atoms with Gasteiger partial charge in [0, 0.05) is 25.7 Å². The molecule has 2 N–H and O–H groups in total. The number of alkyl halides is 1. The number of carboxylic acids is 1. The molecule has 0 aromatic heterocycles. The molecule has 31 heavy (non-hydrogen) atoms. The van der Waals surface area contributed by atoms with Crippen molar-refractivity contribution in [3.63, 3.8) is 0 Å². The first-order valence-corrected chi connectivity index (χ1v) is 10.5. The molecule has 170 valence electrons. The Morgan fingerprint density at radius 2 is 1.45 bits per heavy atom. The van der Waals surface area contributed by atoms with Crippen LogP contribution in [0, 0.1) is 0 Å². The Kier molecular flexibility index (Phi) is 8.77. The molecule has 4 rings (SSSR count). The van der Waals surface area contributed by atoms with Crippen molar-refractivity contribution in [2.45, 2.75) is 49.5 Å². The van der Waals surface area contributed by atoms with Crippen LogP contribution < -0.4 is 5.11 Å². The van der Waals surface area contributed by atoms with E-state index in [1.807, 2.05) is 0 Å². The Hall–Kier alpha value is -1.80. The van der Waals surface area contributed by atoms with Gasteiger partial charge in [0.25, 0.3) is 0 Å². The topological polar surface area (TPSA) is 80.6 Å². The van der Waals surface area contributed by atoms with Gasteiger partial charge in [-0.05, 0) is 11.1 Å². The van der Waals surface area contributed by atoms with Crippen molar-refractivity contribution in [2.24, 2.45) is 0 Å². The molecule has 0 saturated carbocycles. The van der Waals surface area contributed by atoms with Crippen LogP contribution in [-0.2, 0) is 10.4 Å². The maximum Gasteiger partial charge on any atom is 0.154 e. The fourth-order valence-electron chi connectivity index (χ4n) is 5.02. The molecule has 2 unspecified atom stereocenters. The quantitative estimate of drug-likeness (QED) is 0.623. The fourth-order valence-corrected chi connectivity index (χ4v) is 5.02. The number of quaternary nitrogens is 1. The first kappa shape index (κ1) is 25.5. The summed E-state index contributed by atoms with van der Waals surface area (Å²) < 4.78 is 13.3. The highest BCUT2D eigenvalue weighted by Gasteiger charge is 2.50. The summed E-state index contributed by atoms with van der Waals surface area (Å²) in [5, 5.41) is 31.2. The zero-order chi connectivity index (χ0) is 21.8. The summed E-state index contributed by atoms with van der Waals surface area (Å²) in [6.45, 7) is 0.418. The van der Waals surface area contributed by atoms with E-state index in [0.717, 1.165) is 17.3 Å². The highest BCUT2D eigenvalue weighted by Crippen LogP contribution is 2.40. The zero-order valence-electron chi connectivity index (χ0n) is 17.7. The molecule has 0 radical (unpaired) electrons. The second-order valence-electron chi connectivity index (χ2n) is 8.50. The van der Waals surface area contributed by atoms with Crippen LogP contribution in [0.15, 0.2) is 60.7 Å². The first-order chi connectivity index (χ1) is 14.3. The van der Waals surface area contributed by atoms with E-state index in [9.17, 15) is 24.5 Å². The Morgan fingerprint density at radius 1 is 1.03 bits per heavy atom. The van der Waals surface area contributed by atoms with Gasteiger partial charge in [0.05, 0.1) is 31.2 Å². The molecular weight excluding hydrogens is 465 g/mol. The molecular formula is C24H31BrFNO4. The summed E-state index contributed by atoms with van der Waals surface area (Å²) in [7, 11) is 2.16. The molecule has 0 spiro atoms. The number of aliphatic hydroxyl groups excluding tert-OH is 1. The van der Waals surface area contributed by atoms with Crippen LogP contribution in [0.1, 0.15) is 36.8 Å². The molecule has 2 aromatic rings. The lowest BCUT2D eigenvalue weighted by Crippen LogP contribution is -2.59. The summed E-state index contributed by atoms with van der Waals surface area (Å²) in [4.78, 5) is 11.3. The zero-order valence-corrected chi connectivity index (χ0v) is 19.4. The van der Waals surface area contributed by atoms with Crippen molar-refractivity contribution in [3.05, 3.63) is 71.8 Å². The van der Waals surface area contributed by atoms with Gasteiger partial charge in [-0.1, -0.05) is 60.7 Å². The number of halogens is 2. The number of carbonyl (C=O) groups excluding carboxylic acids is 1. The molecule has 2 aliphatic heterocycles. The van der Waals surface area contributed by atoms with Crippen molar-refractivity contribution >= 4 is 23.0 Å². The maximum atomic E-state index is 12.4. The van der Waals surface area contributed by atoms with Gasteiger partial charge in [-0.3, -0.25) is 0 Å². The maximum absolute atomic E-state index is 12.4. The van der Waals surface area contributed by atoms with E-state index in [1.165, 1.54) is 12.8 Å². The number of fused-ring (bicyclic) bond motifs is 2. The second kappa shape index (κ2) is 10.7. The lowest BCUT2D eigenvalue weighted by Gasteiger charge is -2.45. The second-order valence-corrected chi connectivity index (χ2v) is 8.50. The minimum absolute atomic E-state index is 0. The van der Waals surface area contributed by atoms with E-state index in [1.54, 1.807) is 60.7 Å². The lowest BCUT2D eigenvalue weighted by atomic mass is 9.86. The number of hydrogen-bond acceptors (Lipinski definition) is 4. The molecule has 2 saturated heterocycles. The molecule has 5 nitrogen and oxygen atoms in total. The van der Waals surface area contributed by atoms with Crippen LogP contribution in [0.4, 0.5) is 4.39 Å². The van der Waals surface area contributed by atoms with Gasteiger partial charge in [0.1, 0.15) is 13.2 Å². The summed E-state index contributed by atoms with van der Waals surface area (Å²) in [5.41, 5.74) is -1.54. The SMILES string of the molecule is Br.C[N+]1(CCF)[C@@H]2CC[C@H]1CC(O)C2.O=C([O-])C(O)(c1ccccc1)c1ccccc1. The van der Waals surface area contributed by atoms with Crippen molar-refractivity contribution in [2.75, 3.05) is 20.3 Å². The summed E-state index contributed by atoms with van der Waals surface area (Å²) in [6.07, 6.45) is 4.00. The number of hydrogen-bond donors (Lipinski definition) is 2. The van der Waals surface area contributed by atoms with Crippen LogP contribution in [0.3, 0.4) is 0 Å². The third kappa shape index (κ3) is 5.17. The third-order valence-corrected chi connectivity index (χ3v) is 6.83. The van der Waals surface area contributed by atoms with Crippen LogP contribution in [0.2, 0.25) is 0 Å². The average molecular weight is 496 g/mol. The average Bonchev–Trinajstić information content (AvgIpc) is 2.92. The van der Waals surface area contributed by atoms with E-state index in [-0.39, 0.29) is 40.9 Å². The predicted octanol–water partition coefficient (Wildman–Crippen LogP) is 2.34. The predicted molar refractivity (Wildman–Crippen MR) is 120 cm³/mol. The first-order valence-electron chi connectivity index (χ1n) is 10.5. The Labute approximate surface area is 193 Å². The summed E-state index contributed by atoms with van der Waals surface area (Å²) >= 11 is 0. The van der Waals surface area contributed by atoms with Gasteiger partial charge in [0.2, 0.25) is 0 Å². The van der Waals surface area contributed by atoms with E-state index >= 15 is 0 Å². The van der Waals surface area contributed by atoms with Crippen LogP contribution in [-0.4, -0.2) is 59.1 Å². The Bertz CT molecular complexity index is 782. The van der Waals surface area contributed by atoms with Crippen molar-refractivity contribution in [1.82, 2.24) is 0 Å². The number of carboxylic acid groups (broad SMARTS) is 1. The molecule has 2 heterocycles. The molecule has 0 amide bonds. The van der Waals surface area contributed by atoms with Crippen molar-refractivity contribution in [1.29, 1.82) is 0 Å². The summed E-state index contributed by atoms with van der Waals surface area (Å²) in [6, 6.07) is 17.5. The van der Waals surface area contributed by atoms with Gasteiger partial charge in [0.15, 0.2) is 5.60 Å². The number of piperidine rings is 1. The summed E-state index contributed by atoms with van der Waals surface area (Å²) in [5.74, 6) is -1.53. The monoisotopic (exact) mass is 495 g/mol. The lowest BCUT2D eigenvalue weighted by molar-refractivity contribution is -0.949. The Morgan fingerprint density at radius 3 is 1.81 bits per heavy atom.